The first-order valence-electron chi connectivity index (χ1n) is 8.87. The maximum atomic E-state index is 12.3. The van der Waals surface area contributed by atoms with Gasteiger partial charge in [-0.3, -0.25) is 9.69 Å². The number of benzene rings is 2. The van der Waals surface area contributed by atoms with Gasteiger partial charge in [-0.05, 0) is 47.7 Å². The molecule has 1 atom stereocenters. The van der Waals surface area contributed by atoms with Crippen LogP contribution in [0.15, 0.2) is 76.1 Å². The van der Waals surface area contributed by atoms with Gasteiger partial charge in [0.2, 0.25) is 0 Å². The number of aliphatic hydroxyl groups is 1. The number of carboxylic acids is 1. The van der Waals surface area contributed by atoms with Crippen molar-refractivity contribution in [2.24, 2.45) is 0 Å². The van der Waals surface area contributed by atoms with E-state index >= 15 is 0 Å². The number of carbonyl (C=O) groups is 2. The average molecular weight is 407 g/mol. The SMILES string of the molecule is O=C(O)c1cccc(-c2ccc(C=C3SC(=O)N(Cc4ccccc4)C3O)o2)c1. The van der Waals surface area contributed by atoms with E-state index < -0.39 is 12.2 Å². The minimum atomic E-state index is -1.04. The van der Waals surface area contributed by atoms with E-state index in [9.17, 15) is 14.7 Å². The fourth-order valence-corrected chi connectivity index (χ4v) is 3.92. The van der Waals surface area contributed by atoms with Crippen LogP contribution in [0.3, 0.4) is 0 Å². The molecule has 2 N–H and O–H groups in total. The summed E-state index contributed by atoms with van der Waals surface area (Å²) >= 11 is 0.968. The van der Waals surface area contributed by atoms with E-state index in [4.69, 9.17) is 9.52 Å². The minimum absolute atomic E-state index is 0.169. The van der Waals surface area contributed by atoms with Crippen LogP contribution >= 0.6 is 11.8 Å². The molecule has 2 heterocycles. The third-order valence-corrected chi connectivity index (χ3v) is 5.46. The smallest absolute Gasteiger partial charge is 0.335 e. The average Bonchev–Trinajstić information content (AvgIpc) is 3.29. The van der Waals surface area contributed by atoms with Crippen LogP contribution in [0.2, 0.25) is 0 Å². The highest BCUT2D eigenvalue weighted by molar-refractivity contribution is 8.17. The lowest BCUT2D eigenvalue weighted by Gasteiger charge is -2.19. The fourth-order valence-electron chi connectivity index (χ4n) is 3.03. The van der Waals surface area contributed by atoms with Crippen molar-refractivity contribution in [2.45, 2.75) is 12.8 Å². The number of hydrogen-bond acceptors (Lipinski definition) is 5. The second kappa shape index (κ2) is 7.98. The van der Waals surface area contributed by atoms with E-state index in [2.05, 4.69) is 0 Å². The van der Waals surface area contributed by atoms with Crippen LogP contribution < -0.4 is 0 Å². The highest BCUT2D eigenvalue weighted by Crippen LogP contribution is 2.37. The molecule has 1 amide bonds. The third-order valence-electron chi connectivity index (χ3n) is 4.49. The van der Waals surface area contributed by atoms with Crippen molar-refractivity contribution < 1.29 is 24.2 Å². The first kappa shape index (κ1) is 19.0. The van der Waals surface area contributed by atoms with Gasteiger partial charge in [-0.1, -0.05) is 42.5 Å². The number of nitrogens with zero attached hydrogens (tertiary/aromatic N) is 1. The van der Waals surface area contributed by atoms with Crippen molar-refractivity contribution in [1.82, 2.24) is 4.90 Å². The first-order chi connectivity index (χ1) is 14.0. The highest BCUT2D eigenvalue weighted by Gasteiger charge is 2.35. The van der Waals surface area contributed by atoms with Gasteiger partial charge < -0.3 is 14.6 Å². The molecular weight excluding hydrogens is 390 g/mol. The van der Waals surface area contributed by atoms with E-state index in [0.717, 1.165) is 17.3 Å². The van der Waals surface area contributed by atoms with Crippen molar-refractivity contribution in [1.29, 1.82) is 0 Å². The zero-order valence-electron chi connectivity index (χ0n) is 15.2. The Bertz CT molecular complexity index is 1090. The Labute approximate surface area is 171 Å². The molecule has 1 fully saturated rings. The summed E-state index contributed by atoms with van der Waals surface area (Å²) in [5, 5.41) is 19.5. The zero-order valence-corrected chi connectivity index (χ0v) is 16.0. The molecule has 7 heteroatoms. The molecule has 1 aliphatic heterocycles. The van der Waals surface area contributed by atoms with Crippen molar-refractivity contribution >= 4 is 29.0 Å². The number of rotatable bonds is 5. The van der Waals surface area contributed by atoms with Crippen molar-refractivity contribution in [3.05, 3.63) is 88.5 Å². The monoisotopic (exact) mass is 407 g/mol. The summed E-state index contributed by atoms with van der Waals surface area (Å²) in [5.41, 5.74) is 1.74. The molecule has 146 valence electrons. The largest absolute Gasteiger partial charge is 0.478 e. The topological polar surface area (TPSA) is 91.0 Å². The molecule has 1 unspecified atom stereocenters. The lowest BCUT2D eigenvalue weighted by Crippen LogP contribution is -2.31. The van der Waals surface area contributed by atoms with Crippen molar-refractivity contribution in [3.63, 3.8) is 0 Å². The van der Waals surface area contributed by atoms with Crippen molar-refractivity contribution in [2.75, 3.05) is 0 Å². The van der Waals surface area contributed by atoms with E-state index in [0.29, 0.717) is 28.5 Å². The number of aromatic carboxylic acids is 1. The molecule has 1 aliphatic rings. The number of carboxylic acid groups (broad SMARTS) is 1. The maximum absolute atomic E-state index is 12.3. The molecule has 1 aromatic heterocycles. The van der Waals surface area contributed by atoms with Gasteiger partial charge in [-0.25, -0.2) is 4.79 Å². The summed E-state index contributed by atoms with van der Waals surface area (Å²) in [4.78, 5) is 25.3. The first-order valence-corrected chi connectivity index (χ1v) is 9.68. The van der Waals surface area contributed by atoms with Gasteiger partial charge >= 0.3 is 5.97 Å². The molecular formula is C22H17NO5S. The van der Waals surface area contributed by atoms with Gasteiger partial charge in [-0.15, -0.1) is 0 Å². The molecule has 4 rings (SSSR count). The Kier molecular flexibility index (Phi) is 5.24. The van der Waals surface area contributed by atoms with E-state index in [1.165, 1.54) is 17.0 Å². The molecule has 0 bridgehead atoms. The summed E-state index contributed by atoms with van der Waals surface area (Å²) < 4.78 is 5.78. The summed E-state index contributed by atoms with van der Waals surface area (Å²) in [6.07, 6.45) is 0.583. The number of hydrogen-bond donors (Lipinski definition) is 2. The number of thioether (sulfide) groups is 1. The van der Waals surface area contributed by atoms with Crippen LogP contribution in [-0.4, -0.2) is 32.5 Å². The molecule has 0 aliphatic carbocycles. The normalized spacial score (nSPS) is 17.8. The zero-order chi connectivity index (χ0) is 20.4. The van der Waals surface area contributed by atoms with Gasteiger partial charge in [-0.2, -0.15) is 0 Å². The number of carbonyl (C=O) groups excluding carboxylic acids is 1. The second-order valence-electron chi connectivity index (χ2n) is 6.49. The van der Waals surface area contributed by atoms with Gasteiger partial charge in [0, 0.05) is 17.0 Å². The Hall–Kier alpha value is -3.29. The lowest BCUT2D eigenvalue weighted by molar-refractivity contribution is 0.0696. The summed E-state index contributed by atoms with van der Waals surface area (Å²) in [7, 11) is 0. The molecule has 3 aromatic rings. The summed E-state index contributed by atoms with van der Waals surface area (Å²) in [6, 6.07) is 19.3. The standard InChI is InChI=1S/C22H17NO5S/c24-20-19(29-22(27)23(20)13-14-5-2-1-3-6-14)12-17-9-10-18(28-17)15-7-4-8-16(11-15)21(25)26/h1-12,20,24H,13H2,(H,25,26). The van der Waals surface area contributed by atoms with Crippen LogP contribution in [0.4, 0.5) is 4.79 Å². The van der Waals surface area contributed by atoms with E-state index in [1.807, 2.05) is 30.3 Å². The van der Waals surface area contributed by atoms with Gasteiger partial charge in [0.1, 0.15) is 11.5 Å². The van der Waals surface area contributed by atoms with Crippen LogP contribution in [-0.2, 0) is 6.54 Å². The minimum Gasteiger partial charge on any atom is -0.478 e. The van der Waals surface area contributed by atoms with Gasteiger partial charge in [0.05, 0.1) is 5.56 Å². The Morgan fingerprint density at radius 3 is 2.66 bits per heavy atom. The number of furan rings is 1. The molecule has 2 aromatic carbocycles. The molecule has 0 radical (unpaired) electrons. The summed E-state index contributed by atoms with van der Waals surface area (Å²) in [6.45, 7) is 0.316. The second-order valence-corrected chi connectivity index (χ2v) is 7.51. The van der Waals surface area contributed by atoms with Crippen LogP contribution in [0.25, 0.3) is 17.4 Å². The van der Waals surface area contributed by atoms with Gasteiger partial charge in [0.25, 0.3) is 5.24 Å². The Morgan fingerprint density at radius 2 is 1.90 bits per heavy atom. The maximum Gasteiger partial charge on any atom is 0.335 e. The predicted octanol–water partition coefficient (Wildman–Crippen LogP) is 4.67. The molecule has 1 saturated heterocycles. The molecule has 6 nitrogen and oxygen atoms in total. The van der Waals surface area contributed by atoms with Crippen LogP contribution in [0, 0.1) is 0 Å². The van der Waals surface area contributed by atoms with Crippen LogP contribution in [0.5, 0.6) is 0 Å². The van der Waals surface area contributed by atoms with E-state index in [-0.39, 0.29) is 10.8 Å². The molecule has 29 heavy (non-hydrogen) atoms. The molecule has 0 saturated carbocycles. The third kappa shape index (κ3) is 4.11. The van der Waals surface area contributed by atoms with Crippen molar-refractivity contribution in [3.8, 4) is 11.3 Å². The quantitative estimate of drug-likeness (QED) is 0.639. The van der Waals surface area contributed by atoms with Gasteiger partial charge in [0.15, 0.2) is 6.23 Å². The fraction of sp³-hybridized carbons (Fsp3) is 0.0909. The number of aliphatic hydroxyl groups excluding tert-OH is 1. The predicted molar refractivity (Wildman–Crippen MR) is 110 cm³/mol. The molecule has 0 spiro atoms. The van der Waals surface area contributed by atoms with E-state index in [1.54, 1.807) is 30.3 Å². The van der Waals surface area contributed by atoms with Crippen LogP contribution in [0.1, 0.15) is 21.7 Å². The Balaban J connectivity index is 1.54. The highest BCUT2D eigenvalue weighted by atomic mass is 32.2. The number of amides is 1. The lowest BCUT2D eigenvalue weighted by atomic mass is 10.1. The summed E-state index contributed by atoms with van der Waals surface area (Å²) in [5.74, 6) is -0.0372. The Morgan fingerprint density at radius 1 is 1.10 bits per heavy atom.